The van der Waals surface area contributed by atoms with Crippen LogP contribution in [0.15, 0.2) is 12.7 Å². The first kappa shape index (κ1) is 9.74. The summed E-state index contributed by atoms with van der Waals surface area (Å²) in [5.41, 5.74) is -0.229. The number of sulfone groups is 1. The second-order valence-electron chi connectivity index (χ2n) is 3.57. The van der Waals surface area contributed by atoms with Gasteiger partial charge in [0.15, 0.2) is 9.84 Å². The van der Waals surface area contributed by atoms with E-state index in [0.717, 1.165) is 0 Å². The van der Waals surface area contributed by atoms with Crippen molar-refractivity contribution in [2.75, 3.05) is 18.1 Å². The third kappa shape index (κ3) is 2.32. The summed E-state index contributed by atoms with van der Waals surface area (Å²) in [6.07, 6.45) is 2.46. The van der Waals surface area contributed by atoms with Gasteiger partial charge in [-0.3, -0.25) is 0 Å². The smallest absolute Gasteiger partial charge is 0.152 e. The highest BCUT2D eigenvalue weighted by Gasteiger charge is 2.37. The molecule has 1 atom stereocenters. The third-order valence-corrected chi connectivity index (χ3v) is 4.08. The molecule has 0 amide bonds. The molecule has 0 spiro atoms. The van der Waals surface area contributed by atoms with Crippen LogP contribution in [0.3, 0.4) is 0 Å². The Morgan fingerprint density at radius 3 is 2.75 bits per heavy atom. The summed E-state index contributed by atoms with van der Waals surface area (Å²) in [6.45, 7) is 6.20. The van der Waals surface area contributed by atoms with Crippen LogP contribution in [-0.2, 0) is 9.84 Å². The number of nitrogens with one attached hydrogen (secondary N) is 1. The first-order valence-electron chi connectivity index (χ1n) is 4.04. The molecule has 1 saturated heterocycles. The normalized spacial score (nSPS) is 33.4. The van der Waals surface area contributed by atoms with E-state index in [1.54, 1.807) is 6.08 Å². The molecular weight excluding hydrogens is 174 g/mol. The molecule has 0 unspecified atom stereocenters. The maximum absolute atomic E-state index is 11.1. The maximum atomic E-state index is 11.1. The minimum atomic E-state index is -2.78. The van der Waals surface area contributed by atoms with Gasteiger partial charge >= 0.3 is 0 Å². The van der Waals surface area contributed by atoms with E-state index in [1.807, 2.05) is 6.92 Å². The van der Waals surface area contributed by atoms with Crippen molar-refractivity contribution in [3.8, 4) is 0 Å². The number of hydrogen-bond acceptors (Lipinski definition) is 3. The van der Waals surface area contributed by atoms with Gasteiger partial charge in [-0.05, 0) is 13.3 Å². The second kappa shape index (κ2) is 3.18. The van der Waals surface area contributed by atoms with Crippen LogP contribution in [0, 0.1) is 0 Å². The lowest BCUT2D eigenvalue weighted by Gasteiger charge is -2.22. The Hall–Kier alpha value is -0.350. The second-order valence-corrected chi connectivity index (χ2v) is 5.76. The fourth-order valence-electron chi connectivity index (χ4n) is 1.47. The molecule has 0 aromatic rings. The van der Waals surface area contributed by atoms with Crippen molar-refractivity contribution in [1.29, 1.82) is 0 Å². The lowest BCUT2D eigenvalue weighted by atomic mass is 10.0. The van der Waals surface area contributed by atoms with E-state index in [0.29, 0.717) is 18.7 Å². The van der Waals surface area contributed by atoms with E-state index in [4.69, 9.17) is 0 Å². The predicted octanol–water partition coefficient (Wildman–Crippen LogP) is 0.339. The van der Waals surface area contributed by atoms with E-state index in [1.165, 1.54) is 0 Å². The summed E-state index contributed by atoms with van der Waals surface area (Å²) in [6, 6.07) is 0. The average Bonchev–Trinajstić information content (AvgIpc) is 2.23. The van der Waals surface area contributed by atoms with Crippen LogP contribution >= 0.6 is 0 Å². The van der Waals surface area contributed by atoms with E-state index in [2.05, 4.69) is 11.9 Å². The molecule has 0 bridgehead atoms. The van der Waals surface area contributed by atoms with E-state index in [-0.39, 0.29) is 11.3 Å². The zero-order valence-electron chi connectivity index (χ0n) is 7.34. The Morgan fingerprint density at radius 2 is 2.33 bits per heavy atom. The van der Waals surface area contributed by atoms with Gasteiger partial charge in [0, 0.05) is 12.1 Å². The monoisotopic (exact) mass is 189 g/mol. The Bertz CT molecular complexity index is 271. The van der Waals surface area contributed by atoms with Crippen LogP contribution in [0.5, 0.6) is 0 Å². The molecule has 12 heavy (non-hydrogen) atoms. The van der Waals surface area contributed by atoms with Crippen LogP contribution < -0.4 is 5.32 Å². The van der Waals surface area contributed by atoms with Gasteiger partial charge in [0.2, 0.25) is 0 Å². The largest absolute Gasteiger partial charge is 0.307 e. The van der Waals surface area contributed by atoms with Crippen LogP contribution in [-0.4, -0.2) is 32.0 Å². The molecule has 0 aromatic carbocycles. The maximum Gasteiger partial charge on any atom is 0.152 e. The number of rotatable bonds is 3. The van der Waals surface area contributed by atoms with Crippen molar-refractivity contribution in [2.45, 2.75) is 18.9 Å². The van der Waals surface area contributed by atoms with Gasteiger partial charge in [0.1, 0.15) is 0 Å². The fourth-order valence-corrected chi connectivity index (χ4v) is 3.59. The summed E-state index contributed by atoms with van der Waals surface area (Å²) in [5.74, 6) is 0.571. The molecule has 1 aliphatic rings. The van der Waals surface area contributed by atoms with Gasteiger partial charge in [0.25, 0.3) is 0 Å². The van der Waals surface area contributed by atoms with E-state index < -0.39 is 9.84 Å². The molecule has 0 radical (unpaired) electrons. The highest BCUT2D eigenvalue weighted by atomic mass is 32.2. The Labute approximate surface area is 73.8 Å². The summed E-state index contributed by atoms with van der Waals surface area (Å²) in [5, 5.41) is 3.17. The first-order valence-corrected chi connectivity index (χ1v) is 5.86. The van der Waals surface area contributed by atoms with Gasteiger partial charge in [0.05, 0.1) is 11.5 Å². The van der Waals surface area contributed by atoms with Crippen molar-refractivity contribution in [3.63, 3.8) is 0 Å². The molecule has 1 rings (SSSR count). The summed E-state index contributed by atoms with van der Waals surface area (Å²) < 4.78 is 22.3. The van der Waals surface area contributed by atoms with Crippen LogP contribution in [0.4, 0.5) is 0 Å². The quantitative estimate of drug-likeness (QED) is 0.651. The van der Waals surface area contributed by atoms with E-state index in [9.17, 15) is 8.42 Å². The van der Waals surface area contributed by atoms with Crippen molar-refractivity contribution in [1.82, 2.24) is 5.32 Å². The SMILES string of the molecule is C=CCN[C@]1(C)CCS(=O)(=O)C1. The molecule has 1 N–H and O–H groups in total. The minimum absolute atomic E-state index is 0.229. The van der Waals surface area contributed by atoms with Gasteiger partial charge in [-0.2, -0.15) is 0 Å². The lowest BCUT2D eigenvalue weighted by molar-refractivity contribution is 0.418. The van der Waals surface area contributed by atoms with Gasteiger partial charge in [-0.15, -0.1) is 6.58 Å². The topological polar surface area (TPSA) is 46.2 Å². The third-order valence-electron chi connectivity index (χ3n) is 2.18. The fraction of sp³-hybridized carbons (Fsp3) is 0.750. The highest BCUT2D eigenvalue weighted by Crippen LogP contribution is 2.22. The van der Waals surface area contributed by atoms with Gasteiger partial charge in [-0.1, -0.05) is 6.08 Å². The van der Waals surface area contributed by atoms with Crippen LogP contribution in [0.25, 0.3) is 0 Å². The van der Waals surface area contributed by atoms with Crippen molar-refractivity contribution < 1.29 is 8.42 Å². The van der Waals surface area contributed by atoms with E-state index >= 15 is 0 Å². The summed E-state index contributed by atoms with van der Waals surface area (Å²) in [7, 11) is -2.78. The Balaban J connectivity index is 2.58. The lowest BCUT2D eigenvalue weighted by Crippen LogP contribution is -2.43. The predicted molar refractivity (Wildman–Crippen MR) is 49.9 cm³/mol. The van der Waals surface area contributed by atoms with Crippen molar-refractivity contribution >= 4 is 9.84 Å². The molecule has 3 nitrogen and oxygen atoms in total. The molecule has 4 heteroatoms. The minimum Gasteiger partial charge on any atom is -0.307 e. The molecule has 70 valence electrons. The molecule has 0 aliphatic carbocycles. The zero-order chi connectivity index (χ0) is 9.24. The Morgan fingerprint density at radius 1 is 1.67 bits per heavy atom. The molecular formula is C8H15NO2S. The van der Waals surface area contributed by atoms with Gasteiger partial charge < -0.3 is 5.32 Å². The average molecular weight is 189 g/mol. The molecule has 0 saturated carbocycles. The van der Waals surface area contributed by atoms with Crippen molar-refractivity contribution in [2.24, 2.45) is 0 Å². The Kier molecular flexibility index (Phi) is 2.58. The first-order chi connectivity index (χ1) is 5.47. The zero-order valence-corrected chi connectivity index (χ0v) is 8.15. The molecule has 0 aromatic heterocycles. The standard InChI is InChI=1S/C8H15NO2S/c1-3-5-9-8(2)4-6-12(10,11)7-8/h3,9H,1,4-7H2,2H3/t8-/m1/s1. The summed E-state index contributed by atoms with van der Waals surface area (Å²) >= 11 is 0. The van der Waals surface area contributed by atoms with Crippen molar-refractivity contribution in [3.05, 3.63) is 12.7 Å². The number of hydrogen-bond donors (Lipinski definition) is 1. The molecule has 1 aliphatic heterocycles. The molecule has 1 fully saturated rings. The highest BCUT2D eigenvalue weighted by molar-refractivity contribution is 7.91. The summed E-state index contributed by atoms with van der Waals surface area (Å²) in [4.78, 5) is 0. The molecule has 1 heterocycles. The van der Waals surface area contributed by atoms with Gasteiger partial charge in [-0.25, -0.2) is 8.42 Å². The van der Waals surface area contributed by atoms with Crippen LogP contribution in [0.1, 0.15) is 13.3 Å². The van der Waals surface area contributed by atoms with Crippen LogP contribution in [0.2, 0.25) is 0 Å².